The van der Waals surface area contributed by atoms with Crippen molar-refractivity contribution in [2.75, 3.05) is 0 Å². The van der Waals surface area contributed by atoms with Crippen LogP contribution in [-0.2, 0) is 0 Å². The van der Waals surface area contributed by atoms with Gasteiger partial charge in [-0.3, -0.25) is 0 Å². The van der Waals surface area contributed by atoms with Gasteiger partial charge < -0.3 is 0 Å². The third kappa shape index (κ3) is 1.03. The van der Waals surface area contributed by atoms with Gasteiger partial charge in [0.25, 0.3) is 0 Å². The quantitative estimate of drug-likeness (QED) is 0.576. The molecule has 0 amide bonds. The van der Waals surface area contributed by atoms with Gasteiger partial charge in [0.15, 0.2) is 0 Å². The van der Waals surface area contributed by atoms with Gasteiger partial charge in [0.05, 0.1) is 0 Å². The zero-order valence-corrected chi connectivity index (χ0v) is 6.51. The summed E-state index contributed by atoms with van der Waals surface area (Å²) < 4.78 is 1.15. The van der Waals surface area contributed by atoms with Crippen LogP contribution in [0.5, 0.6) is 0 Å². The van der Waals surface area contributed by atoms with E-state index in [1.54, 1.807) is 0 Å². The summed E-state index contributed by atoms with van der Waals surface area (Å²) in [6.07, 6.45) is 0. The van der Waals surface area contributed by atoms with E-state index >= 15 is 0 Å². The molecule has 1 aromatic heterocycles. The maximum atomic E-state index is 8.47. The van der Waals surface area contributed by atoms with Crippen LogP contribution in [0.3, 0.4) is 0 Å². The van der Waals surface area contributed by atoms with E-state index in [-0.39, 0.29) is 0 Å². The minimum Gasteiger partial charge on any atom is -0.118 e. The fraction of sp³-hybridized carbons (Fsp3) is 0. The lowest BCUT2D eigenvalue weighted by atomic mass is 10.3. The summed E-state index contributed by atoms with van der Waals surface area (Å²) in [4.78, 5) is 0. The third-order valence-corrected chi connectivity index (χ3v) is 2.51. The standard InChI is InChI=1S/C8H5N2S/c9-10-8-5-6-3-1-2-4-7(6)11-8/h1-5H. The van der Waals surface area contributed by atoms with Crippen LogP contribution in [0.4, 0.5) is 5.00 Å². The van der Waals surface area contributed by atoms with E-state index in [1.807, 2.05) is 30.3 Å². The molecule has 2 rings (SSSR count). The third-order valence-electron chi connectivity index (χ3n) is 1.51. The van der Waals surface area contributed by atoms with E-state index in [1.165, 1.54) is 11.3 Å². The lowest BCUT2D eigenvalue weighted by Gasteiger charge is -1.81. The van der Waals surface area contributed by atoms with Gasteiger partial charge in [0.1, 0.15) is 5.00 Å². The number of fused-ring (bicyclic) bond motifs is 1. The molecule has 11 heavy (non-hydrogen) atoms. The highest BCUT2D eigenvalue weighted by Gasteiger charge is 1.97. The number of thiophene rings is 1. The Morgan fingerprint density at radius 2 is 2.09 bits per heavy atom. The number of hydrogen-bond acceptors (Lipinski definition) is 2. The Kier molecular flexibility index (Phi) is 1.43. The zero-order chi connectivity index (χ0) is 7.68. The SMILES string of the molecule is [N]=Nc1cc2ccccc2s1. The van der Waals surface area contributed by atoms with Gasteiger partial charge in [-0.2, -0.15) is 0 Å². The van der Waals surface area contributed by atoms with Gasteiger partial charge in [-0.1, -0.05) is 18.2 Å². The highest BCUT2D eigenvalue weighted by molar-refractivity contribution is 7.22. The van der Waals surface area contributed by atoms with Gasteiger partial charge in [0.2, 0.25) is 0 Å². The van der Waals surface area contributed by atoms with Crippen LogP contribution in [0.2, 0.25) is 0 Å². The van der Waals surface area contributed by atoms with E-state index in [0.717, 1.165) is 10.1 Å². The van der Waals surface area contributed by atoms with Gasteiger partial charge >= 0.3 is 0 Å². The van der Waals surface area contributed by atoms with Crippen LogP contribution < -0.4 is 5.53 Å². The maximum Gasteiger partial charge on any atom is 0.141 e. The Labute approximate surface area is 68.0 Å². The van der Waals surface area contributed by atoms with Crippen molar-refractivity contribution in [3.63, 3.8) is 0 Å². The summed E-state index contributed by atoms with van der Waals surface area (Å²) in [5.41, 5.74) is 8.47. The second kappa shape index (κ2) is 2.43. The van der Waals surface area contributed by atoms with Crippen LogP contribution in [0.15, 0.2) is 35.4 Å². The second-order valence-electron chi connectivity index (χ2n) is 2.22. The van der Waals surface area contributed by atoms with Crippen LogP contribution in [0, 0.1) is 0 Å². The molecule has 0 unspecified atom stereocenters. The topological polar surface area (TPSA) is 34.7 Å². The van der Waals surface area contributed by atoms with E-state index in [0.29, 0.717) is 5.00 Å². The predicted octanol–water partition coefficient (Wildman–Crippen LogP) is 2.79. The van der Waals surface area contributed by atoms with Crippen molar-refractivity contribution in [2.45, 2.75) is 0 Å². The molecule has 1 aromatic carbocycles. The molecule has 0 fully saturated rings. The summed E-state index contributed by atoms with van der Waals surface area (Å²) in [5, 5.41) is 4.91. The van der Waals surface area contributed by atoms with Gasteiger partial charge in [-0.05, 0) is 23.1 Å². The first kappa shape index (κ1) is 6.49. The summed E-state index contributed by atoms with van der Waals surface area (Å²) in [7, 11) is 0. The Balaban J connectivity index is 2.78. The van der Waals surface area contributed by atoms with Crippen molar-refractivity contribution < 1.29 is 0 Å². The normalized spacial score (nSPS) is 10.2. The van der Waals surface area contributed by atoms with Crippen LogP contribution >= 0.6 is 11.3 Å². The van der Waals surface area contributed by atoms with Crippen molar-refractivity contribution in [3.05, 3.63) is 30.3 Å². The molecule has 0 aliphatic rings. The number of hydrogen-bond donors (Lipinski definition) is 0. The van der Waals surface area contributed by atoms with Crippen molar-refractivity contribution in [2.24, 2.45) is 5.11 Å². The van der Waals surface area contributed by atoms with E-state index in [4.69, 9.17) is 5.53 Å². The molecule has 0 atom stereocenters. The van der Waals surface area contributed by atoms with Crippen molar-refractivity contribution in [1.82, 2.24) is 5.53 Å². The number of benzene rings is 1. The number of rotatable bonds is 1. The molecule has 2 nitrogen and oxygen atoms in total. The van der Waals surface area contributed by atoms with E-state index < -0.39 is 0 Å². The minimum atomic E-state index is 0.659. The highest BCUT2D eigenvalue weighted by Crippen LogP contribution is 2.30. The van der Waals surface area contributed by atoms with Gasteiger partial charge in [0, 0.05) is 4.70 Å². The molecule has 0 saturated carbocycles. The molecule has 0 bridgehead atoms. The Morgan fingerprint density at radius 1 is 1.27 bits per heavy atom. The van der Waals surface area contributed by atoms with Gasteiger partial charge in [-0.25, -0.2) is 0 Å². The van der Waals surface area contributed by atoms with Gasteiger partial charge in [-0.15, -0.1) is 16.5 Å². The molecular weight excluding hydrogens is 156 g/mol. The van der Waals surface area contributed by atoms with E-state index in [9.17, 15) is 0 Å². The molecule has 53 valence electrons. The maximum absolute atomic E-state index is 8.47. The lowest BCUT2D eigenvalue weighted by Crippen LogP contribution is -1.56. The van der Waals surface area contributed by atoms with Crippen molar-refractivity contribution in [1.29, 1.82) is 0 Å². The fourth-order valence-corrected chi connectivity index (χ4v) is 1.86. The predicted molar refractivity (Wildman–Crippen MR) is 46.0 cm³/mol. The first-order valence-corrected chi connectivity index (χ1v) is 4.05. The molecule has 0 aliphatic carbocycles. The Bertz CT molecular complexity index is 359. The lowest BCUT2D eigenvalue weighted by molar-refractivity contribution is 1.34. The summed E-state index contributed by atoms with van der Waals surface area (Å²) >= 11 is 1.48. The van der Waals surface area contributed by atoms with Crippen LogP contribution in [0.1, 0.15) is 0 Å². The Hall–Kier alpha value is -1.22. The smallest absolute Gasteiger partial charge is 0.118 e. The fourth-order valence-electron chi connectivity index (χ4n) is 1.02. The Morgan fingerprint density at radius 3 is 2.82 bits per heavy atom. The zero-order valence-electron chi connectivity index (χ0n) is 5.69. The largest absolute Gasteiger partial charge is 0.141 e. The van der Waals surface area contributed by atoms with Crippen LogP contribution in [0.25, 0.3) is 10.1 Å². The molecular formula is C8H5N2S. The minimum absolute atomic E-state index is 0.659. The first-order valence-electron chi connectivity index (χ1n) is 3.24. The monoisotopic (exact) mass is 161 g/mol. The summed E-state index contributed by atoms with van der Waals surface area (Å²) in [5.74, 6) is 0. The second-order valence-corrected chi connectivity index (χ2v) is 3.28. The molecule has 0 spiro atoms. The highest BCUT2D eigenvalue weighted by atomic mass is 32.1. The molecule has 3 heteroatoms. The number of nitrogens with zero attached hydrogens (tertiary/aromatic N) is 2. The average molecular weight is 161 g/mol. The van der Waals surface area contributed by atoms with Crippen molar-refractivity contribution in [3.8, 4) is 0 Å². The molecule has 0 N–H and O–H groups in total. The summed E-state index contributed by atoms with van der Waals surface area (Å²) in [6.45, 7) is 0. The molecule has 1 radical (unpaired) electrons. The first-order chi connectivity index (χ1) is 5.40. The molecule has 0 saturated heterocycles. The van der Waals surface area contributed by atoms with Crippen LogP contribution in [-0.4, -0.2) is 0 Å². The average Bonchev–Trinajstić information content (AvgIpc) is 2.46. The molecule has 0 aliphatic heterocycles. The summed E-state index contributed by atoms with van der Waals surface area (Å²) in [6, 6.07) is 9.81. The van der Waals surface area contributed by atoms with Crippen molar-refractivity contribution >= 4 is 26.4 Å². The molecule has 1 heterocycles. The van der Waals surface area contributed by atoms with E-state index in [2.05, 4.69) is 5.11 Å². The molecule has 2 aromatic rings.